The number of nitrogens with one attached hydrogen (secondary N) is 2. The highest BCUT2D eigenvalue weighted by atomic mass is 79.9. The van der Waals surface area contributed by atoms with Gasteiger partial charge in [0.05, 0.1) is 22.8 Å². The van der Waals surface area contributed by atoms with Crippen LogP contribution in [0, 0.1) is 6.92 Å². The molecule has 0 aromatic carbocycles. The van der Waals surface area contributed by atoms with Crippen LogP contribution in [0.5, 0.6) is 0 Å². The zero-order chi connectivity index (χ0) is 19.6. The summed E-state index contributed by atoms with van der Waals surface area (Å²) in [5, 5.41) is 12.6. The zero-order valence-corrected chi connectivity index (χ0v) is 17.6. The van der Waals surface area contributed by atoms with E-state index in [1.165, 1.54) is 6.20 Å². The predicted octanol–water partition coefficient (Wildman–Crippen LogP) is 2.52. The normalized spacial score (nSPS) is 19.6. The lowest BCUT2D eigenvalue weighted by molar-refractivity contribution is 0.0835. The number of sulfonamides is 1. The molecule has 0 atom stereocenters. The molecule has 0 bridgehead atoms. The van der Waals surface area contributed by atoms with E-state index < -0.39 is 10.0 Å². The molecule has 27 heavy (non-hydrogen) atoms. The number of hydrogen-bond acceptors (Lipinski definition) is 6. The maximum Gasteiger partial charge on any atom is 0.242 e. The number of aliphatic hydroxyl groups is 1. The maximum absolute atomic E-state index is 12.8. The highest BCUT2D eigenvalue weighted by Crippen LogP contribution is 2.32. The minimum absolute atomic E-state index is 0.127. The van der Waals surface area contributed by atoms with E-state index in [-0.39, 0.29) is 23.6 Å². The van der Waals surface area contributed by atoms with Crippen LogP contribution >= 0.6 is 15.9 Å². The van der Waals surface area contributed by atoms with Gasteiger partial charge in [-0.3, -0.25) is 4.98 Å². The molecule has 9 heteroatoms. The Bertz CT molecular complexity index is 930. The number of pyridine rings is 2. The average Bonchev–Trinajstić information content (AvgIpc) is 2.62. The van der Waals surface area contributed by atoms with Crippen molar-refractivity contribution in [3.63, 3.8) is 0 Å². The second kappa shape index (κ2) is 8.22. The summed E-state index contributed by atoms with van der Waals surface area (Å²) in [6.45, 7) is 3.87. The van der Waals surface area contributed by atoms with E-state index in [2.05, 4.69) is 35.9 Å². The molecule has 0 radical (unpaired) electrons. The standard InChI is InChI=1S/C18H23BrN4O3S/c1-3-12-5-4-6-20-15(12)9-22-27(25,26)16-10-21-18(17(19)11(16)2)23-13-7-14(24)8-13/h4-6,10,13-14,22,24H,3,7-9H2,1-2H3,(H,21,23). The molecule has 3 N–H and O–H groups in total. The largest absolute Gasteiger partial charge is 0.393 e. The summed E-state index contributed by atoms with van der Waals surface area (Å²) in [5.74, 6) is 0.585. The first-order valence-corrected chi connectivity index (χ1v) is 11.1. The van der Waals surface area contributed by atoms with Crippen LogP contribution in [0.4, 0.5) is 5.82 Å². The van der Waals surface area contributed by atoms with E-state index in [4.69, 9.17) is 0 Å². The number of aromatic nitrogens is 2. The highest BCUT2D eigenvalue weighted by molar-refractivity contribution is 9.10. The summed E-state index contributed by atoms with van der Waals surface area (Å²) in [6.07, 6.45) is 4.86. The third kappa shape index (κ3) is 4.48. The van der Waals surface area contributed by atoms with Gasteiger partial charge in [0, 0.05) is 18.4 Å². The third-order valence-corrected chi connectivity index (χ3v) is 7.24. The Morgan fingerprint density at radius 2 is 2.07 bits per heavy atom. The molecule has 1 fully saturated rings. The quantitative estimate of drug-likeness (QED) is 0.593. The Hall–Kier alpha value is -1.55. The number of halogens is 1. The van der Waals surface area contributed by atoms with E-state index in [1.54, 1.807) is 13.1 Å². The first-order chi connectivity index (χ1) is 12.8. The third-order valence-electron chi connectivity index (χ3n) is 4.76. The van der Waals surface area contributed by atoms with Gasteiger partial charge in [-0.2, -0.15) is 0 Å². The summed E-state index contributed by atoms with van der Waals surface area (Å²) < 4.78 is 28.8. The van der Waals surface area contributed by atoms with Crippen molar-refractivity contribution in [3.8, 4) is 0 Å². The molecule has 0 amide bonds. The minimum atomic E-state index is -3.73. The van der Waals surface area contributed by atoms with Gasteiger partial charge in [-0.25, -0.2) is 18.1 Å². The number of hydrogen-bond donors (Lipinski definition) is 3. The lowest BCUT2D eigenvalue weighted by Crippen LogP contribution is -2.39. The molecule has 0 spiro atoms. The van der Waals surface area contributed by atoms with Crippen molar-refractivity contribution in [1.82, 2.24) is 14.7 Å². The van der Waals surface area contributed by atoms with Crippen LogP contribution in [0.25, 0.3) is 0 Å². The van der Waals surface area contributed by atoms with E-state index in [1.807, 2.05) is 19.1 Å². The molecule has 0 aliphatic heterocycles. The van der Waals surface area contributed by atoms with Crippen molar-refractivity contribution in [2.75, 3.05) is 5.32 Å². The van der Waals surface area contributed by atoms with Gasteiger partial charge in [-0.05, 0) is 59.3 Å². The van der Waals surface area contributed by atoms with Gasteiger partial charge in [0.2, 0.25) is 10.0 Å². The van der Waals surface area contributed by atoms with E-state index >= 15 is 0 Å². The fourth-order valence-electron chi connectivity index (χ4n) is 3.03. The van der Waals surface area contributed by atoms with Crippen LogP contribution in [-0.2, 0) is 23.0 Å². The lowest BCUT2D eigenvalue weighted by atomic mass is 9.89. The highest BCUT2D eigenvalue weighted by Gasteiger charge is 2.29. The summed E-state index contributed by atoms with van der Waals surface area (Å²) in [5.41, 5.74) is 2.31. The van der Waals surface area contributed by atoms with Crippen molar-refractivity contribution < 1.29 is 13.5 Å². The Balaban J connectivity index is 1.77. The number of rotatable bonds is 7. The van der Waals surface area contributed by atoms with Crippen molar-refractivity contribution in [3.05, 3.63) is 45.8 Å². The van der Waals surface area contributed by atoms with Crippen LogP contribution in [0.3, 0.4) is 0 Å². The molecular weight excluding hydrogens is 432 g/mol. The average molecular weight is 455 g/mol. The van der Waals surface area contributed by atoms with Gasteiger partial charge >= 0.3 is 0 Å². The Kier molecular flexibility index (Phi) is 6.15. The van der Waals surface area contributed by atoms with Crippen LogP contribution in [0.15, 0.2) is 33.9 Å². The molecule has 0 unspecified atom stereocenters. The smallest absolute Gasteiger partial charge is 0.242 e. The van der Waals surface area contributed by atoms with Crippen LogP contribution < -0.4 is 10.0 Å². The fraction of sp³-hybridized carbons (Fsp3) is 0.444. The number of aliphatic hydroxyl groups excluding tert-OH is 1. The first-order valence-electron chi connectivity index (χ1n) is 8.84. The summed E-state index contributed by atoms with van der Waals surface area (Å²) in [4.78, 5) is 8.67. The minimum Gasteiger partial charge on any atom is -0.393 e. The van der Waals surface area contributed by atoms with Gasteiger partial charge < -0.3 is 10.4 Å². The monoisotopic (exact) mass is 454 g/mol. The molecule has 1 aliphatic rings. The molecule has 0 saturated heterocycles. The molecule has 3 rings (SSSR count). The predicted molar refractivity (Wildman–Crippen MR) is 107 cm³/mol. The maximum atomic E-state index is 12.8. The molecule has 146 valence electrons. The van der Waals surface area contributed by atoms with Gasteiger partial charge in [0.15, 0.2) is 0 Å². The van der Waals surface area contributed by atoms with Gasteiger partial charge in [0.25, 0.3) is 0 Å². The molecule has 7 nitrogen and oxygen atoms in total. The molecule has 2 aromatic rings. The summed E-state index contributed by atoms with van der Waals surface area (Å²) in [6, 6.07) is 3.94. The van der Waals surface area contributed by atoms with Gasteiger partial charge in [-0.15, -0.1) is 0 Å². The second-order valence-corrected chi connectivity index (χ2v) is 9.19. The molecular formula is C18H23BrN4O3S. The van der Waals surface area contributed by atoms with E-state index in [9.17, 15) is 13.5 Å². The first kappa shape index (κ1) is 20.2. The zero-order valence-electron chi connectivity index (χ0n) is 15.2. The molecule has 1 saturated carbocycles. The number of nitrogens with zero attached hydrogens (tertiary/aromatic N) is 2. The van der Waals surface area contributed by atoms with Crippen molar-refractivity contribution in [2.24, 2.45) is 0 Å². The van der Waals surface area contributed by atoms with Gasteiger partial charge in [0.1, 0.15) is 10.7 Å². The number of anilines is 1. The van der Waals surface area contributed by atoms with Crippen LogP contribution in [0.1, 0.15) is 36.6 Å². The van der Waals surface area contributed by atoms with Crippen molar-refractivity contribution >= 4 is 31.8 Å². The summed E-state index contributed by atoms with van der Waals surface area (Å²) in [7, 11) is -3.73. The topological polar surface area (TPSA) is 104 Å². The Morgan fingerprint density at radius 3 is 2.74 bits per heavy atom. The van der Waals surface area contributed by atoms with Crippen molar-refractivity contribution in [1.29, 1.82) is 0 Å². The van der Waals surface area contributed by atoms with Crippen LogP contribution in [0.2, 0.25) is 0 Å². The SMILES string of the molecule is CCc1cccnc1CNS(=O)(=O)c1cnc(NC2CC(O)C2)c(Br)c1C. The Morgan fingerprint density at radius 1 is 1.33 bits per heavy atom. The molecule has 2 heterocycles. The Labute approximate surface area is 167 Å². The fourth-order valence-corrected chi connectivity index (χ4v) is 4.77. The molecule has 2 aromatic heterocycles. The number of aryl methyl sites for hydroxylation is 1. The summed E-state index contributed by atoms with van der Waals surface area (Å²) >= 11 is 3.45. The van der Waals surface area contributed by atoms with Gasteiger partial charge in [-0.1, -0.05) is 13.0 Å². The lowest BCUT2D eigenvalue weighted by Gasteiger charge is -2.32. The van der Waals surface area contributed by atoms with E-state index in [0.29, 0.717) is 28.7 Å². The van der Waals surface area contributed by atoms with E-state index in [0.717, 1.165) is 17.7 Å². The van der Waals surface area contributed by atoms with Crippen molar-refractivity contribution in [2.45, 2.75) is 56.7 Å². The molecule has 1 aliphatic carbocycles. The van der Waals surface area contributed by atoms with Crippen LogP contribution in [-0.4, -0.2) is 35.6 Å². The second-order valence-electron chi connectivity index (χ2n) is 6.66.